The van der Waals surface area contributed by atoms with Gasteiger partial charge in [0.15, 0.2) is 0 Å². The summed E-state index contributed by atoms with van der Waals surface area (Å²) in [5, 5.41) is 3.37. The van der Waals surface area contributed by atoms with E-state index < -0.39 is 10.0 Å². The Bertz CT molecular complexity index is 789. The summed E-state index contributed by atoms with van der Waals surface area (Å²) in [5.74, 6) is 2.17. The van der Waals surface area contributed by atoms with E-state index in [1.54, 1.807) is 6.07 Å². The molecule has 7 heteroatoms. The quantitative estimate of drug-likeness (QED) is 0.647. The molecule has 1 heterocycles. The molecule has 24 heavy (non-hydrogen) atoms. The highest BCUT2D eigenvalue weighted by Gasteiger charge is 2.57. The SMILES string of the molecule is O=S1(=O)c2cc(Br)cc(Br)c2NCN1C12CC3CC(CC(C3)C1)C2. The van der Waals surface area contributed by atoms with Crippen molar-refractivity contribution in [2.45, 2.75) is 49.0 Å². The van der Waals surface area contributed by atoms with Crippen molar-refractivity contribution in [2.75, 3.05) is 12.0 Å². The van der Waals surface area contributed by atoms with Crippen LogP contribution in [0.2, 0.25) is 0 Å². The van der Waals surface area contributed by atoms with E-state index in [9.17, 15) is 8.42 Å². The van der Waals surface area contributed by atoms with Gasteiger partial charge in [-0.3, -0.25) is 0 Å². The van der Waals surface area contributed by atoms with Crippen molar-refractivity contribution in [3.63, 3.8) is 0 Å². The van der Waals surface area contributed by atoms with Gasteiger partial charge in [0.05, 0.1) is 12.4 Å². The minimum absolute atomic E-state index is 0.160. The highest BCUT2D eigenvalue weighted by molar-refractivity contribution is 9.11. The van der Waals surface area contributed by atoms with Crippen LogP contribution >= 0.6 is 31.9 Å². The first-order valence-corrected chi connectivity index (χ1v) is 11.7. The number of rotatable bonds is 1. The van der Waals surface area contributed by atoms with Crippen LogP contribution in [0.15, 0.2) is 26.0 Å². The maximum absolute atomic E-state index is 13.5. The third-order valence-electron chi connectivity index (χ3n) is 6.52. The minimum Gasteiger partial charge on any atom is -0.369 e. The molecule has 4 saturated carbocycles. The maximum Gasteiger partial charge on any atom is 0.247 e. The second-order valence-electron chi connectivity index (χ2n) is 8.09. The van der Waals surface area contributed by atoms with Crippen LogP contribution in [0.25, 0.3) is 0 Å². The smallest absolute Gasteiger partial charge is 0.247 e. The Kier molecular flexibility index (Phi) is 3.49. The molecule has 0 radical (unpaired) electrons. The normalized spacial score (nSPS) is 39.5. The zero-order valence-corrected chi connectivity index (χ0v) is 17.3. The van der Waals surface area contributed by atoms with Crippen LogP contribution in [-0.2, 0) is 10.0 Å². The summed E-state index contributed by atoms with van der Waals surface area (Å²) in [4.78, 5) is 0.394. The summed E-state index contributed by atoms with van der Waals surface area (Å²) in [6.07, 6.45) is 7.08. The second kappa shape index (κ2) is 5.21. The van der Waals surface area contributed by atoms with E-state index in [4.69, 9.17) is 0 Å². The molecular formula is C17H20Br2N2O2S. The van der Waals surface area contributed by atoms with E-state index in [2.05, 4.69) is 37.2 Å². The Morgan fingerprint density at radius 1 is 1.04 bits per heavy atom. The van der Waals surface area contributed by atoms with Crippen LogP contribution in [0, 0.1) is 17.8 Å². The van der Waals surface area contributed by atoms with Gasteiger partial charge in [0, 0.05) is 14.5 Å². The van der Waals surface area contributed by atoms with Gasteiger partial charge >= 0.3 is 0 Å². The van der Waals surface area contributed by atoms with Gasteiger partial charge in [-0.05, 0) is 84.3 Å². The lowest BCUT2D eigenvalue weighted by molar-refractivity contribution is -0.0551. The number of halogens is 2. The highest BCUT2D eigenvalue weighted by atomic mass is 79.9. The maximum atomic E-state index is 13.5. The van der Waals surface area contributed by atoms with Crippen molar-refractivity contribution in [1.82, 2.24) is 4.31 Å². The monoisotopic (exact) mass is 474 g/mol. The van der Waals surface area contributed by atoms with E-state index in [0.29, 0.717) is 17.3 Å². The van der Waals surface area contributed by atoms with Crippen molar-refractivity contribution in [3.8, 4) is 0 Å². The van der Waals surface area contributed by atoms with E-state index >= 15 is 0 Å². The lowest BCUT2D eigenvalue weighted by atomic mass is 9.53. The largest absolute Gasteiger partial charge is 0.369 e. The fourth-order valence-electron chi connectivity index (χ4n) is 6.07. The van der Waals surface area contributed by atoms with Gasteiger partial charge in [0.2, 0.25) is 10.0 Å². The van der Waals surface area contributed by atoms with Crippen LogP contribution < -0.4 is 5.32 Å². The molecule has 0 amide bonds. The first-order chi connectivity index (χ1) is 11.4. The summed E-state index contributed by atoms with van der Waals surface area (Å²) in [6.45, 7) is 0.391. The summed E-state index contributed by atoms with van der Waals surface area (Å²) < 4.78 is 30.3. The molecule has 130 valence electrons. The number of nitrogens with one attached hydrogen (secondary N) is 1. The number of nitrogens with zero attached hydrogens (tertiary/aromatic N) is 1. The molecule has 1 N–H and O–H groups in total. The third-order valence-corrected chi connectivity index (χ3v) is 9.58. The Morgan fingerprint density at radius 3 is 2.21 bits per heavy atom. The van der Waals surface area contributed by atoms with Gasteiger partial charge < -0.3 is 5.32 Å². The number of hydrogen-bond donors (Lipinski definition) is 1. The van der Waals surface area contributed by atoms with Crippen molar-refractivity contribution in [2.24, 2.45) is 17.8 Å². The average Bonchev–Trinajstić information content (AvgIpc) is 2.46. The number of anilines is 1. The Labute approximate surface area is 159 Å². The zero-order chi connectivity index (χ0) is 16.7. The molecule has 0 aromatic heterocycles. The molecule has 4 nitrogen and oxygen atoms in total. The average molecular weight is 476 g/mol. The summed E-state index contributed by atoms with van der Waals surface area (Å²) in [5.41, 5.74) is 0.534. The number of sulfonamides is 1. The van der Waals surface area contributed by atoms with E-state index in [0.717, 1.165) is 46.0 Å². The fraction of sp³-hybridized carbons (Fsp3) is 0.647. The van der Waals surface area contributed by atoms with Gasteiger partial charge in [-0.25, -0.2) is 8.42 Å². The highest BCUT2D eigenvalue weighted by Crippen LogP contribution is 2.59. The van der Waals surface area contributed by atoms with Crippen LogP contribution in [0.4, 0.5) is 5.69 Å². The van der Waals surface area contributed by atoms with Crippen LogP contribution in [0.3, 0.4) is 0 Å². The number of fused-ring (bicyclic) bond motifs is 1. The predicted octanol–water partition coefficient (Wildman–Crippen LogP) is 4.55. The van der Waals surface area contributed by atoms with Gasteiger partial charge in [-0.15, -0.1) is 0 Å². The van der Waals surface area contributed by atoms with Gasteiger partial charge in [-0.1, -0.05) is 15.9 Å². The molecular weight excluding hydrogens is 456 g/mol. The molecule has 1 aromatic rings. The molecule has 4 bridgehead atoms. The topological polar surface area (TPSA) is 49.4 Å². The standard InChI is InChI=1S/C17H20Br2N2O2S/c18-13-4-14(19)16-15(5-13)24(22,23)21(9-20-16)17-6-10-1-11(7-17)3-12(2-10)8-17/h4-5,10-12,20H,1-3,6-9H2. The Hall–Kier alpha value is -0.110. The summed E-state index contributed by atoms with van der Waals surface area (Å²) in [6, 6.07) is 3.62. The van der Waals surface area contributed by atoms with Crippen molar-refractivity contribution in [3.05, 3.63) is 21.1 Å². The first kappa shape index (κ1) is 16.1. The molecule has 1 aromatic carbocycles. The molecule has 4 fully saturated rings. The molecule has 6 rings (SSSR count). The van der Waals surface area contributed by atoms with Crippen LogP contribution in [0.5, 0.6) is 0 Å². The second-order valence-corrected chi connectivity index (χ2v) is 11.7. The van der Waals surface area contributed by atoms with Crippen molar-refractivity contribution < 1.29 is 8.42 Å². The molecule has 4 aliphatic carbocycles. The Morgan fingerprint density at radius 2 is 1.62 bits per heavy atom. The molecule has 0 atom stereocenters. The van der Waals surface area contributed by atoms with E-state index in [1.807, 2.05) is 10.4 Å². The molecule has 0 unspecified atom stereocenters. The summed E-state index contributed by atoms with van der Waals surface area (Å²) in [7, 11) is -3.48. The summed E-state index contributed by atoms with van der Waals surface area (Å²) >= 11 is 6.93. The third kappa shape index (κ3) is 2.20. The Balaban J connectivity index is 1.61. The predicted molar refractivity (Wildman–Crippen MR) is 100 cm³/mol. The van der Waals surface area contributed by atoms with Crippen LogP contribution in [0.1, 0.15) is 38.5 Å². The van der Waals surface area contributed by atoms with Gasteiger partial charge in [-0.2, -0.15) is 4.31 Å². The molecule has 0 saturated heterocycles. The molecule has 5 aliphatic rings. The number of benzene rings is 1. The fourth-order valence-corrected chi connectivity index (χ4v) is 9.64. The molecule has 0 spiro atoms. The minimum atomic E-state index is -3.48. The van der Waals surface area contributed by atoms with Crippen LogP contribution in [-0.4, -0.2) is 24.9 Å². The van der Waals surface area contributed by atoms with Crippen molar-refractivity contribution >= 4 is 47.6 Å². The van der Waals surface area contributed by atoms with Gasteiger partial charge in [0.25, 0.3) is 0 Å². The lowest BCUT2D eigenvalue weighted by Crippen LogP contribution is -2.63. The lowest BCUT2D eigenvalue weighted by Gasteiger charge is -2.60. The molecule has 1 aliphatic heterocycles. The first-order valence-electron chi connectivity index (χ1n) is 8.63. The van der Waals surface area contributed by atoms with E-state index in [-0.39, 0.29) is 5.54 Å². The van der Waals surface area contributed by atoms with Crippen molar-refractivity contribution in [1.29, 1.82) is 0 Å². The zero-order valence-electron chi connectivity index (χ0n) is 13.3. The van der Waals surface area contributed by atoms with E-state index in [1.165, 1.54) is 19.3 Å². The number of hydrogen-bond acceptors (Lipinski definition) is 3. The van der Waals surface area contributed by atoms with Gasteiger partial charge in [0.1, 0.15) is 4.90 Å².